The molecule has 15 aromatic carbocycles. The van der Waals surface area contributed by atoms with Crippen molar-refractivity contribution in [3.05, 3.63) is 356 Å². The smallest absolute Gasteiger partial charge is 0.252 e. The average Bonchev–Trinajstić information content (AvgIpc) is 0.830. The Bertz CT molecular complexity index is 5940. The molecule has 0 saturated carbocycles. The van der Waals surface area contributed by atoms with E-state index >= 15 is 0 Å². The molecule has 0 bridgehead atoms. The Morgan fingerprint density at radius 2 is 0.660 bits per heavy atom. The zero-order valence-corrected chi connectivity index (χ0v) is 56.4. The van der Waals surface area contributed by atoms with E-state index in [1.54, 1.807) is 0 Å². The second kappa shape index (κ2) is 23.6. The molecule has 0 spiro atoms. The number of halogens is 1. The van der Waals surface area contributed by atoms with Crippen molar-refractivity contribution in [3.8, 4) is 78.1 Å². The Labute approximate surface area is 588 Å². The van der Waals surface area contributed by atoms with Gasteiger partial charge in [-0.25, -0.2) is 0 Å². The summed E-state index contributed by atoms with van der Waals surface area (Å²) < 4.78 is 5.04. The quantitative estimate of drug-likeness (QED) is 0.127. The lowest BCUT2D eigenvalue weighted by Gasteiger charge is -2.45. The molecule has 2 aromatic heterocycles. The summed E-state index contributed by atoms with van der Waals surface area (Å²) in [5, 5.41) is 5.50. The first-order valence-electron chi connectivity index (χ1n) is 34.6. The topological polar surface area (TPSA) is 16.3 Å². The second-order valence-electron chi connectivity index (χ2n) is 27.7. The van der Waals surface area contributed by atoms with Crippen molar-refractivity contribution >= 4 is 112 Å². The Morgan fingerprint density at radius 3 is 1.20 bits per heavy atom. The molecular weight excluding hydrogens is 1230 g/mol. The van der Waals surface area contributed by atoms with Crippen LogP contribution in [0.5, 0.6) is 0 Å². The van der Waals surface area contributed by atoms with E-state index in [4.69, 9.17) is 11.6 Å². The van der Waals surface area contributed by atoms with Gasteiger partial charge in [0.25, 0.3) is 6.71 Å². The molecule has 2 aliphatic rings. The van der Waals surface area contributed by atoms with Crippen LogP contribution in [0.25, 0.3) is 122 Å². The van der Waals surface area contributed by atoms with Crippen LogP contribution in [0, 0.1) is 0 Å². The summed E-state index contributed by atoms with van der Waals surface area (Å²) in [6.45, 7) is 6.69. The van der Waals surface area contributed by atoms with Crippen LogP contribution in [-0.4, -0.2) is 15.8 Å². The molecule has 0 aliphatic carbocycles. The van der Waals surface area contributed by atoms with Gasteiger partial charge in [0, 0.05) is 66.0 Å². The van der Waals surface area contributed by atoms with Crippen LogP contribution < -0.4 is 26.2 Å². The molecule has 19 rings (SSSR count). The fourth-order valence-corrected chi connectivity index (χ4v) is 16.5. The molecule has 0 unspecified atom stereocenters. The standard InChI is InChI=1S/C94H66BClN4/c1-94(2,3)70-48-52-86(78(59-70)64-33-14-7-15-34-64)99-89-60-71(96)49-51-80(89)95-79-50-47-65(73-40-26-46-87(97-82-42-22-17-36-74(82)75-37-18-23-43-83(75)97)93(73)100-84-44-24-19-38-76(84)77-39-20-25-45-85(77)100)56-88(79)98(81-41-21-16-35-72(81)63-31-12-6-13-32-63)90-57-69(58-91(99)92(90)95)68-54-66(61-27-8-4-9-28-61)53-67(55-68)62-29-10-5-11-30-62/h4-60H,1-3H3. The van der Waals surface area contributed by atoms with E-state index in [0.29, 0.717) is 5.02 Å². The van der Waals surface area contributed by atoms with E-state index in [9.17, 15) is 0 Å². The molecule has 0 saturated heterocycles. The van der Waals surface area contributed by atoms with Crippen LogP contribution in [0.4, 0.5) is 34.1 Å². The Morgan fingerprint density at radius 1 is 0.260 bits per heavy atom. The van der Waals surface area contributed by atoms with Gasteiger partial charge in [0.15, 0.2) is 0 Å². The summed E-state index contributed by atoms with van der Waals surface area (Å²) in [7, 11) is 0. The molecular formula is C94H66BClN4. The molecule has 17 aromatic rings. The molecule has 0 radical (unpaired) electrons. The van der Waals surface area contributed by atoms with Crippen molar-refractivity contribution in [1.82, 2.24) is 9.13 Å². The molecule has 0 amide bonds. The van der Waals surface area contributed by atoms with Gasteiger partial charge in [-0.15, -0.1) is 0 Å². The lowest BCUT2D eigenvalue weighted by Crippen LogP contribution is -2.61. The van der Waals surface area contributed by atoms with E-state index in [-0.39, 0.29) is 12.1 Å². The highest BCUT2D eigenvalue weighted by atomic mass is 35.5. The number of fused-ring (bicyclic) bond motifs is 10. The Kier molecular flexibility index (Phi) is 13.9. The van der Waals surface area contributed by atoms with Gasteiger partial charge >= 0.3 is 0 Å². The first kappa shape index (κ1) is 59.1. The molecule has 472 valence electrons. The van der Waals surface area contributed by atoms with Crippen LogP contribution in [0.2, 0.25) is 5.02 Å². The Hall–Kier alpha value is -12.1. The number of nitrogens with zero attached hydrogens (tertiary/aromatic N) is 4. The first-order chi connectivity index (χ1) is 49.2. The number of aromatic nitrogens is 2. The van der Waals surface area contributed by atoms with Gasteiger partial charge in [0.2, 0.25) is 0 Å². The maximum absolute atomic E-state index is 7.49. The summed E-state index contributed by atoms with van der Waals surface area (Å²) in [6.07, 6.45) is 0. The molecule has 2 aliphatic heterocycles. The van der Waals surface area contributed by atoms with Crippen molar-refractivity contribution in [2.75, 3.05) is 9.80 Å². The number of rotatable bonds is 10. The third-order valence-corrected chi connectivity index (χ3v) is 21.1. The molecule has 0 N–H and O–H groups in total. The van der Waals surface area contributed by atoms with Gasteiger partial charge in [-0.1, -0.05) is 281 Å². The van der Waals surface area contributed by atoms with Crippen LogP contribution >= 0.6 is 11.6 Å². The maximum atomic E-state index is 7.49. The van der Waals surface area contributed by atoms with E-state index in [2.05, 4.69) is 385 Å². The van der Waals surface area contributed by atoms with Crippen LogP contribution in [-0.2, 0) is 5.41 Å². The fraction of sp³-hybridized carbons (Fsp3) is 0.0426. The second-order valence-corrected chi connectivity index (χ2v) is 28.1. The minimum Gasteiger partial charge on any atom is -0.311 e. The highest BCUT2D eigenvalue weighted by molar-refractivity contribution is 7.00. The highest BCUT2D eigenvalue weighted by Crippen LogP contribution is 2.52. The third-order valence-electron chi connectivity index (χ3n) is 20.9. The predicted molar refractivity (Wildman–Crippen MR) is 425 cm³/mol. The van der Waals surface area contributed by atoms with E-state index in [0.717, 1.165) is 134 Å². The molecule has 0 atom stereocenters. The van der Waals surface area contributed by atoms with Gasteiger partial charge in [0.05, 0.1) is 44.8 Å². The monoisotopic (exact) mass is 1300 g/mol. The first-order valence-corrected chi connectivity index (χ1v) is 35.0. The van der Waals surface area contributed by atoms with Crippen molar-refractivity contribution < 1.29 is 0 Å². The lowest BCUT2D eigenvalue weighted by molar-refractivity contribution is 0.590. The Balaban J connectivity index is 0.947. The number of hydrogen-bond acceptors (Lipinski definition) is 2. The molecule has 0 fully saturated rings. The maximum Gasteiger partial charge on any atom is 0.252 e. The van der Waals surface area contributed by atoms with Gasteiger partial charge in [-0.05, 0) is 174 Å². The number of anilines is 6. The van der Waals surface area contributed by atoms with Crippen LogP contribution in [0.3, 0.4) is 0 Å². The van der Waals surface area contributed by atoms with E-state index in [1.807, 2.05) is 0 Å². The summed E-state index contributed by atoms with van der Waals surface area (Å²) in [4.78, 5) is 5.17. The zero-order valence-electron chi connectivity index (χ0n) is 55.7. The molecule has 4 heterocycles. The number of hydrogen-bond donors (Lipinski definition) is 0. The van der Waals surface area contributed by atoms with Crippen molar-refractivity contribution in [2.24, 2.45) is 0 Å². The SMILES string of the molecule is CC(C)(C)c1ccc(N2c3cc(Cl)ccc3B3c4ccc(-c5cccc(-n6c7ccccc7c7ccccc76)c5-n5c6ccccc6c6ccccc65)cc4N(c4ccccc4-c4ccccc4)c4cc(-c5cc(-c6ccccc6)cc(-c6ccccc6)c5)cc2c43)c(-c2ccccc2)c1. The summed E-state index contributed by atoms with van der Waals surface area (Å²) >= 11 is 7.49. The number of para-hydroxylation sites is 6. The van der Waals surface area contributed by atoms with Gasteiger partial charge < -0.3 is 18.9 Å². The van der Waals surface area contributed by atoms with Crippen molar-refractivity contribution in [2.45, 2.75) is 26.2 Å². The lowest BCUT2D eigenvalue weighted by atomic mass is 9.33. The van der Waals surface area contributed by atoms with Crippen molar-refractivity contribution in [3.63, 3.8) is 0 Å². The summed E-state index contributed by atoms with van der Waals surface area (Å²) in [5.41, 5.74) is 31.4. The highest BCUT2D eigenvalue weighted by Gasteiger charge is 2.45. The predicted octanol–water partition coefficient (Wildman–Crippen LogP) is 23.9. The normalized spacial score (nSPS) is 12.5. The van der Waals surface area contributed by atoms with Gasteiger partial charge in [0.1, 0.15) is 0 Å². The number of benzene rings is 15. The largest absolute Gasteiger partial charge is 0.311 e. The summed E-state index contributed by atoms with van der Waals surface area (Å²) in [5.74, 6) is 0. The zero-order chi connectivity index (χ0) is 66.7. The van der Waals surface area contributed by atoms with Gasteiger partial charge in [-0.3, -0.25) is 0 Å². The van der Waals surface area contributed by atoms with E-state index < -0.39 is 0 Å². The summed E-state index contributed by atoms with van der Waals surface area (Å²) in [6, 6.07) is 128. The molecule has 4 nitrogen and oxygen atoms in total. The van der Waals surface area contributed by atoms with Crippen LogP contribution in [0.1, 0.15) is 26.3 Å². The average molecular weight is 1300 g/mol. The van der Waals surface area contributed by atoms with Gasteiger partial charge in [-0.2, -0.15) is 0 Å². The van der Waals surface area contributed by atoms with Crippen LogP contribution in [0.15, 0.2) is 346 Å². The minimum absolute atomic E-state index is 0.124. The van der Waals surface area contributed by atoms with E-state index in [1.165, 1.54) is 43.5 Å². The minimum atomic E-state index is -0.239. The fourth-order valence-electron chi connectivity index (χ4n) is 16.3. The molecule has 6 heteroatoms. The third kappa shape index (κ3) is 9.59. The van der Waals surface area contributed by atoms with Crippen molar-refractivity contribution in [1.29, 1.82) is 0 Å². The molecule has 100 heavy (non-hydrogen) atoms.